The van der Waals surface area contributed by atoms with Crippen molar-refractivity contribution in [1.29, 1.82) is 0 Å². The van der Waals surface area contributed by atoms with E-state index in [0.29, 0.717) is 6.42 Å². The summed E-state index contributed by atoms with van der Waals surface area (Å²) >= 11 is 1.76. The molecule has 0 spiro atoms. The zero-order valence-corrected chi connectivity index (χ0v) is 14.0. The molecule has 1 N–H and O–H groups in total. The molecule has 0 bridgehead atoms. The van der Waals surface area contributed by atoms with Crippen molar-refractivity contribution in [3.63, 3.8) is 0 Å². The number of hydrogen-bond acceptors (Lipinski definition) is 5. The highest BCUT2D eigenvalue weighted by molar-refractivity contribution is 7.09. The van der Waals surface area contributed by atoms with E-state index >= 15 is 0 Å². The van der Waals surface area contributed by atoms with Gasteiger partial charge in [-0.25, -0.2) is 9.97 Å². The Balaban J connectivity index is 1.43. The Bertz CT molecular complexity index is 602. The summed E-state index contributed by atoms with van der Waals surface area (Å²) in [6.45, 7) is 1.75. The van der Waals surface area contributed by atoms with Crippen molar-refractivity contribution >= 4 is 23.2 Å². The Hall–Kier alpha value is -1.95. The van der Waals surface area contributed by atoms with Crippen LogP contribution in [0.25, 0.3) is 0 Å². The Labute approximate surface area is 140 Å². The second-order valence-corrected chi connectivity index (χ2v) is 6.87. The van der Waals surface area contributed by atoms with E-state index in [1.54, 1.807) is 23.7 Å². The van der Waals surface area contributed by atoms with E-state index in [-0.39, 0.29) is 11.9 Å². The zero-order chi connectivity index (χ0) is 15.9. The van der Waals surface area contributed by atoms with Gasteiger partial charge in [-0.1, -0.05) is 6.07 Å². The monoisotopic (exact) mass is 330 g/mol. The number of hydrogen-bond donors (Lipinski definition) is 1. The van der Waals surface area contributed by atoms with E-state index in [0.717, 1.165) is 44.7 Å². The number of piperidine rings is 1. The minimum atomic E-state index is 0.155. The molecule has 3 rings (SSSR count). The highest BCUT2D eigenvalue weighted by atomic mass is 32.1. The smallest absolute Gasteiger partial charge is 0.225 e. The Morgan fingerprint density at radius 1 is 1.35 bits per heavy atom. The SMILES string of the molecule is O=C(CCCc1cccs1)N[C@H]1CCCN(c2ncccn2)C1. The lowest BCUT2D eigenvalue weighted by Gasteiger charge is -2.33. The van der Waals surface area contributed by atoms with Crippen molar-refractivity contribution in [2.45, 2.75) is 38.1 Å². The zero-order valence-electron chi connectivity index (χ0n) is 13.1. The molecule has 0 unspecified atom stereocenters. The molecule has 0 aromatic carbocycles. The molecule has 2 aromatic rings. The Morgan fingerprint density at radius 2 is 2.22 bits per heavy atom. The molecule has 6 heteroatoms. The van der Waals surface area contributed by atoms with Gasteiger partial charge in [0.1, 0.15) is 0 Å². The van der Waals surface area contributed by atoms with Crippen LogP contribution in [0.15, 0.2) is 36.0 Å². The number of rotatable bonds is 6. The Kier molecular flexibility index (Phi) is 5.58. The molecular formula is C17H22N4OS. The minimum Gasteiger partial charge on any atom is -0.352 e. The molecule has 1 aliphatic heterocycles. The summed E-state index contributed by atoms with van der Waals surface area (Å²) in [7, 11) is 0. The van der Waals surface area contributed by atoms with E-state index in [1.165, 1.54) is 4.88 Å². The first kappa shape index (κ1) is 15.9. The van der Waals surface area contributed by atoms with Gasteiger partial charge in [-0.3, -0.25) is 4.79 Å². The normalized spacial score (nSPS) is 17.9. The predicted octanol–water partition coefficient (Wildman–Crippen LogP) is 2.65. The van der Waals surface area contributed by atoms with Gasteiger partial charge in [0.05, 0.1) is 0 Å². The number of aromatic nitrogens is 2. The third-order valence-corrected chi connectivity index (χ3v) is 4.96. The van der Waals surface area contributed by atoms with E-state index in [1.807, 2.05) is 6.07 Å². The highest BCUT2D eigenvalue weighted by Gasteiger charge is 2.22. The molecule has 23 heavy (non-hydrogen) atoms. The number of nitrogens with zero attached hydrogens (tertiary/aromatic N) is 3. The van der Waals surface area contributed by atoms with Gasteiger partial charge < -0.3 is 10.2 Å². The van der Waals surface area contributed by atoms with Crippen molar-refractivity contribution in [3.05, 3.63) is 40.8 Å². The second-order valence-electron chi connectivity index (χ2n) is 5.83. The van der Waals surface area contributed by atoms with Crippen molar-refractivity contribution in [2.75, 3.05) is 18.0 Å². The van der Waals surface area contributed by atoms with Crippen LogP contribution in [0.3, 0.4) is 0 Å². The summed E-state index contributed by atoms with van der Waals surface area (Å²) in [5, 5.41) is 5.25. The molecule has 1 aliphatic rings. The molecule has 1 saturated heterocycles. The van der Waals surface area contributed by atoms with Crippen molar-refractivity contribution < 1.29 is 4.79 Å². The Morgan fingerprint density at radius 3 is 3.00 bits per heavy atom. The van der Waals surface area contributed by atoms with Crippen molar-refractivity contribution in [2.24, 2.45) is 0 Å². The van der Waals surface area contributed by atoms with Gasteiger partial charge in [-0.2, -0.15) is 0 Å². The molecule has 122 valence electrons. The lowest BCUT2D eigenvalue weighted by Crippen LogP contribution is -2.48. The predicted molar refractivity (Wildman–Crippen MR) is 92.7 cm³/mol. The van der Waals surface area contributed by atoms with Crippen LogP contribution in [0.2, 0.25) is 0 Å². The molecule has 0 radical (unpaired) electrons. The maximum atomic E-state index is 12.1. The van der Waals surface area contributed by atoms with Gasteiger partial charge in [-0.15, -0.1) is 11.3 Å². The first-order valence-electron chi connectivity index (χ1n) is 8.15. The third kappa shape index (κ3) is 4.76. The van der Waals surface area contributed by atoms with E-state index in [4.69, 9.17) is 0 Å². The van der Waals surface area contributed by atoms with Crippen LogP contribution in [0.5, 0.6) is 0 Å². The summed E-state index contributed by atoms with van der Waals surface area (Å²) in [6, 6.07) is 6.20. The third-order valence-electron chi connectivity index (χ3n) is 4.03. The van der Waals surface area contributed by atoms with Crippen LogP contribution in [-0.4, -0.2) is 35.0 Å². The largest absolute Gasteiger partial charge is 0.352 e. The summed E-state index contributed by atoms with van der Waals surface area (Å²) in [6.07, 6.45) is 8.09. The fourth-order valence-electron chi connectivity index (χ4n) is 2.91. The minimum absolute atomic E-state index is 0.155. The van der Waals surface area contributed by atoms with E-state index < -0.39 is 0 Å². The molecule has 5 nitrogen and oxygen atoms in total. The van der Waals surface area contributed by atoms with Gasteiger partial charge in [-0.05, 0) is 43.2 Å². The van der Waals surface area contributed by atoms with Gasteiger partial charge in [0.2, 0.25) is 11.9 Å². The van der Waals surface area contributed by atoms with Gasteiger partial charge in [0.25, 0.3) is 0 Å². The van der Waals surface area contributed by atoms with E-state index in [9.17, 15) is 4.79 Å². The number of nitrogens with one attached hydrogen (secondary N) is 1. The quantitative estimate of drug-likeness (QED) is 0.884. The molecule has 0 aliphatic carbocycles. The number of carbonyl (C=O) groups is 1. The number of carbonyl (C=O) groups excluding carboxylic acids is 1. The molecule has 1 amide bonds. The second kappa shape index (κ2) is 8.06. The number of thiophene rings is 1. The fraction of sp³-hybridized carbons (Fsp3) is 0.471. The molecule has 1 fully saturated rings. The number of amides is 1. The maximum absolute atomic E-state index is 12.1. The standard InChI is InChI=1S/C17H22N4OS/c22-16(8-1-6-15-7-3-12-23-15)20-14-5-2-11-21(13-14)17-18-9-4-10-19-17/h3-4,7,9-10,12,14H,1-2,5-6,8,11,13H2,(H,20,22)/t14-/m0/s1. The van der Waals surface area contributed by atoms with E-state index in [2.05, 4.69) is 37.7 Å². The first-order chi connectivity index (χ1) is 11.3. The molecular weight excluding hydrogens is 308 g/mol. The molecule has 0 saturated carbocycles. The molecule has 1 atom stereocenters. The fourth-order valence-corrected chi connectivity index (χ4v) is 3.66. The average Bonchev–Trinajstić information content (AvgIpc) is 3.09. The summed E-state index contributed by atoms with van der Waals surface area (Å²) in [5.41, 5.74) is 0. The average molecular weight is 330 g/mol. The maximum Gasteiger partial charge on any atom is 0.225 e. The molecule has 2 aromatic heterocycles. The van der Waals surface area contributed by atoms with Crippen LogP contribution in [0.4, 0.5) is 5.95 Å². The molecule has 3 heterocycles. The van der Waals surface area contributed by atoms with Crippen LogP contribution in [0, 0.1) is 0 Å². The lowest BCUT2D eigenvalue weighted by molar-refractivity contribution is -0.121. The lowest BCUT2D eigenvalue weighted by atomic mass is 10.1. The van der Waals surface area contributed by atoms with Crippen molar-refractivity contribution in [3.8, 4) is 0 Å². The van der Waals surface area contributed by atoms with Crippen LogP contribution >= 0.6 is 11.3 Å². The summed E-state index contributed by atoms with van der Waals surface area (Å²) in [4.78, 5) is 24.2. The van der Waals surface area contributed by atoms with Gasteiger partial charge in [0.15, 0.2) is 0 Å². The van der Waals surface area contributed by atoms with Gasteiger partial charge in [0, 0.05) is 42.8 Å². The van der Waals surface area contributed by atoms with Gasteiger partial charge >= 0.3 is 0 Å². The summed E-state index contributed by atoms with van der Waals surface area (Å²) < 4.78 is 0. The van der Waals surface area contributed by atoms with Crippen LogP contribution in [0.1, 0.15) is 30.6 Å². The van der Waals surface area contributed by atoms with Crippen LogP contribution in [-0.2, 0) is 11.2 Å². The number of aryl methyl sites for hydroxylation is 1. The number of anilines is 1. The highest BCUT2D eigenvalue weighted by Crippen LogP contribution is 2.16. The first-order valence-corrected chi connectivity index (χ1v) is 9.03. The topological polar surface area (TPSA) is 58.1 Å². The van der Waals surface area contributed by atoms with Crippen molar-refractivity contribution in [1.82, 2.24) is 15.3 Å². The summed E-state index contributed by atoms with van der Waals surface area (Å²) in [5.74, 6) is 0.909. The van der Waals surface area contributed by atoms with Crippen LogP contribution < -0.4 is 10.2 Å².